The molecule has 20 heavy (non-hydrogen) atoms. The van der Waals surface area contributed by atoms with Crippen molar-refractivity contribution in [1.82, 2.24) is 4.98 Å². The maximum absolute atomic E-state index is 10.8. The van der Waals surface area contributed by atoms with Crippen molar-refractivity contribution in [2.75, 3.05) is 0 Å². The molecule has 2 atom stereocenters. The van der Waals surface area contributed by atoms with Crippen LogP contribution in [0.5, 0.6) is 0 Å². The molecule has 1 fully saturated rings. The van der Waals surface area contributed by atoms with Crippen LogP contribution in [0.4, 0.5) is 0 Å². The molecule has 2 heterocycles. The number of rotatable bonds is 2. The average molecular weight is 271 g/mol. The number of aliphatic hydroxyl groups is 1. The quantitative estimate of drug-likeness (QED) is 0.912. The Kier molecular flexibility index (Phi) is 3.48. The van der Waals surface area contributed by atoms with Gasteiger partial charge >= 0.3 is 0 Å². The van der Waals surface area contributed by atoms with E-state index in [0.29, 0.717) is 19.3 Å². The van der Waals surface area contributed by atoms with Gasteiger partial charge in [0.1, 0.15) is 0 Å². The van der Waals surface area contributed by atoms with Crippen molar-refractivity contribution < 1.29 is 9.84 Å². The van der Waals surface area contributed by atoms with Crippen molar-refractivity contribution in [3.63, 3.8) is 0 Å². The summed E-state index contributed by atoms with van der Waals surface area (Å²) in [5, 5.41) is 12.0. The van der Waals surface area contributed by atoms with Gasteiger partial charge in [0, 0.05) is 30.3 Å². The highest BCUT2D eigenvalue weighted by molar-refractivity contribution is 5.78. The second-order valence-corrected chi connectivity index (χ2v) is 6.06. The van der Waals surface area contributed by atoms with Gasteiger partial charge in [-0.25, -0.2) is 0 Å². The zero-order valence-corrected chi connectivity index (χ0v) is 12.0. The first-order chi connectivity index (χ1) is 9.54. The number of fused-ring (bicyclic) bond motifs is 1. The van der Waals surface area contributed by atoms with E-state index in [-0.39, 0.29) is 12.2 Å². The third-order valence-electron chi connectivity index (χ3n) is 3.97. The van der Waals surface area contributed by atoms with Gasteiger partial charge in [-0.1, -0.05) is 24.3 Å². The molecule has 2 unspecified atom stereocenters. The van der Waals surface area contributed by atoms with Crippen molar-refractivity contribution in [3.8, 4) is 0 Å². The highest BCUT2D eigenvalue weighted by Gasteiger charge is 2.37. The molecule has 1 N–H and O–H groups in total. The number of hydrogen-bond donors (Lipinski definition) is 1. The van der Waals surface area contributed by atoms with Crippen molar-refractivity contribution in [1.29, 1.82) is 0 Å². The summed E-state index contributed by atoms with van der Waals surface area (Å²) in [7, 11) is 0. The van der Waals surface area contributed by atoms with E-state index in [2.05, 4.69) is 17.1 Å². The molecule has 1 aliphatic rings. The van der Waals surface area contributed by atoms with E-state index in [1.165, 1.54) is 0 Å². The summed E-state index contributed by atoms with van der Waals surface area (Å²) < 4.78 is 5.71. The standard InChI is InChI=1S/C17H21NO2/c1-12-9-17(19,10-13(2)20-12)11-15-8-7-14-5-3-4-6-16(14)18-15/h3-8,12-13,19H,9-11H2,1-2H3. The molecule has 0 bridgehead atoms. The molecule has 0 spiro atoms. The summed E-state index contributed by atoms with van der Waals surface area (Å²) >= 11 is 0. The first-order valence-corrected chi connectivity index (χ1v) is 7.27. The second-order valence-electron chi connectivity index (χ2n) is 6.06. The summed E-state index contributed by atoms with van der Waals surface area (Å²) in [5.74, 6) is 0. The van der Waals surface area contributed by atoms with Crippen molar-refractivity contribution in [2.45, 2.75) is 50.9 Å². The summed E-state index contributed by atoms with van der Waals surface area (Å²) in [6.45, 7) is 4.04. The topological polar surface area (TPSA) is 42.4 Å². The fourth-order valence-electron chi connectivity index (χ4n) is 3.33. The van der Waals surface area contributed by atoms with E-state index in [1.807, 2.05) is 38.1 Å². The maximum Gasteiger partial charge on any atom is 0.0752 e. The minimum atomic E-state index is -0.702. The van der Waals surface area contributed by atoms with Crippen LogP contribution in [-0.2, 0) is 11.2 Å². The third kappa shape index (κ3) is 2.84. The lowest BCUT2D eigenvalue weighted by Crippen LogP contribution is -2.45. The number of aromatic nitrogens is 1. The molecule has 3 heteroatoms. The predicted octanol–water partition coefficient (Wildman–Crippen LogP) is 3.10. The Morgan fingerprint density at radius 1 is 1.15 bits per heavy atom. The van der Waals surface area contributed by atoms with Crippen LogP contribution in [0.1, 0.15) is 32.4 Å². The minimum absolute atomic E-state index is 0.101. The molecule has 106 valence electrons. The van der Waals surface area contributed by atoms with Gasteiger partial charge in [0.25, 0.3) is 0 Å². The number of para-hydroxylation sites is 1. The normalized spacial score (nSPS) is 30.6. The van der Waals surface area contributed by atoms with E-state index in [4.69, 9.17) is 4.74 Å². The second kappa shape index (κ2) is 5.15. The van der Waals surface area contributed by atoms with E-state index in [9.17, 15) is 5.11 Å². The van der Waals surface area contributed by atoms with Gasteiger partial charge < -0.3 is 9.84 Å². The average Bonchev–Trinajstić information content (AvgIpc) is 2.36. The number of ether oxygens (including phenoxy) is 1. The smallest absolute Gasteiger partial charge is 0.0752 e. The fraction of sp³-hybridized carbons (Fsp3) is 0.471. The fourth-order valence-corrected chi connectivity index (χ4v) is 3.33. The molecule has 0 saturated carbocycles. The molecular weight excluding hydrogens is 250 g/mol. The van der Waals surface area contributed by atoms with E-state index >= 15 is 0 Å². The molecule has 0 radical (unpaired) electrons. The summed E-state index contributed by atoms with van der Waals surface area (Å²) in [6, 6.07) is 12.2. The first kappa shape index (κ1) is 13.5. The molecule has 1 aromatic carbocycles. The first-order valence-electron chi connectivity index (χ1n) is 7.27. The van der Waals surface area contributed by atoms with Gasteiger partial charge in [-0.05, 0) is 26.0 Å². The molecule has 3 nitrogen and oxygen atoms in total. The Hall–Kier alpha value is -1.45. The van der Waals surface area contributed by atoms with Gasteiger partial charge in [-0.2, -0.15) is 0 Å². The van der Waals surface area contributed by atoms with Crippen LogP contribution in [0.3, 0.4) is 0 Å². The Balaban J connectivity index is 1.84. The Morgan fingerprint density at radius 2 is 1.85 bits per heavy atom. The van der Waals surface area contributed by atoms with Crippen LogP contribution in [0, 0.1) is 0 Å². The van der Waals surface area contributed by atoms with Gasteiger partial charge in [0.15, 0.2) is 0 Å². The minimum Gasteiger partial charge on any atom is -0.389 e. The number of pyridine rings is 1. The summed E-state index contributed by atoms with van der Waals surface area (Å²) in [4.78, 5) is 4.66. The summed E-state index contributed by atoms with van der Waals surface area (Å²) in [5.41, 5.74) is 1.24. The number of hydrogen-bond acceptors (Lipinski definition) is 3. The van der Waals surface area contributed by atoms with Gasteiger partial charge in [0.2, 0.25) is 0 Å². The molecule has 1 saturated heterocycles. The van der Waals surface area contributed by atoms with Gasteiger partial charge in [-0.15, -0.1) is 0 Å². The zero-order valence-electron chi connectivity index (χ0n) is 12.0. The van der Waals surface area contributed by atoms with Crippen LogP contribution >= 0.6 is 0 Å². The van der Waals surface area contributed by atoms with Crippen LogP contribution in [0.15, 0.2) is 36.4 Å². The van der Waals surface area contributed by atoms with Crippen LogP contribution in [0.2, 0.25) is 0 Å². The maximum atomic E-state index is 10.8. The largest absolute Gasteiger partial charge is 0.389 e. The molecule has 2 aromatic rings. The number of benzene rings is 1. The molecule has 0 amide bonds. The Morgan fingerprint density at radius 3 is 2.60 bits per heavy atom. The zero-order chi connectivity index (χ0) is 14.2. The highest BCUT2D eigenvalue weighted by Crippen LogP contribution is 2.31. The molecule has 1 aromatic heterocycles. The molecule has 1 aliphatic heterocycles. The highest BCUT2D eigenvalue weighted by atomic mass is 16.5. The Bertz CT molecular complexity index is 601. The van der Waals surface area contributed by atoms with Crippen molar-refractivity contribution in [3.05, 3.63) is 42.1 Å². The molecule has 3 rings (SSSR count). The molecule has 0 aliphatic carbocycles. The summed E-state index contributed by atoms with van der Waals surface area (Å²) in [6.07, 6.45) is 2.14. The van der Waals surface area contributed by atoms with E-state index < -0.39 is 5.60 Å². The van der Waals surface area contributed by atoms with Crippen molar-refractivity contribution >= 4 is 10.9 Å². The Labute approximate surface area is 119 Å². The lowest BCUT2D eigenvalue weighted by atomic mass is 9.84. The predicted molar refractivity (Wildman–Crippen MR) is 79.6 cm³/mol. The van der Waals surface area contributed by atoms with Gasteiger partial charge in [0.05, 0.1) is 23.3 Å². The third-order valence-corrected chi connectivity index (χ3v) is 3.97. The lowest BCUT2D eigenvalue weighted by molar-refractivity contribution is -0.131. The monoisotopic (exact) mass is 271 g/mol. The lowest BCUT2D eigenvalue weighted by Gasteiger charge is -2.39. The van der Waals surface area contributed by atoms with E-state index in [1.54, 1.807) is 0 Å². The van der Waals surface area contributed by atoms with E-state index in [0.717, 1.165) is 16.6 Å². The number of nitrogens with zero attached hydrogens (tertiary/aromatic N) is 1. The van der Waals surface area contributed by atoms with Crippen LogP contribution in [0.25, 0.3) is 10.9 Å². The molecular formula is C17H21NO2. The SMILES string of the molecule is CC1CC(O)(Cc2ccc3ccccc3n2)CC(C)O1. The van der Waals surface area contributed by atoms with Crippen molar-refractivity contribution in [2.24, 2.45) is 0 Å². The van der Waals surface area contributed by atoms with Crippen LogP contribution < -0.4 is 0 Å². The van der Waals surface area contributed by atoms with Gasteiger partial charge in [-0.3, -0.25) is 4.98 Å². The van der Waals surface area contributed by atoms with Crippen LogP contribution in [-0.4, -0.2) is 27.9 Å².